The molecule has 3 heteroatoms. The predicted octanol–water partition coefficient (Wildman–Crippen LogP) is 2.83. The molecule has 0 fully saturated rings. The number of nitrogens with one attached hydrogen (secondary N) is 1. The molecule has 0 bridgehead atoms. The zero-order valence-electron chi connectivity index (χ0n) is 8.15. The van der Waals surface area contributed by atoms with Gasteiger partial charge in [0.25, 0.3) is 0 Å². The first-order chi connectivity index (χ1) is 7.34. The van der Waals surface area contributed by atoms with Gasteiger partial charge in [-0.15, -0.1) is 0 Å². The summed E-state index contributed by atoms with van der Waals surface area (Å²) >= 11 is 0. The van der Waals surface area contributed by atoms with Gasteiger partial charge in [0.15, 0.2) is 0 Å². The van der Waals surface area contributed by atoms with Crippen molar-refractivity contribution >= 4 is 5.69 Å². The molecule has 2 aromatic rings. The molecule has 76 valence electrons. The van der Waals surface area contributed by atoms with Gasteiger partial charge < -0.3 is 5.32 Å². The Morgan fingerprint density at radius 1 is 1.20 bits per heavy atom. The van der Waals surface area contributed by atoms with Gasteiger partial charge in [0, 0.05) is 18.9 Å². The number of aromatic nitrogens is 1. The monoisotopic (exact) mass is 202 g/mol. The minimum absolute atomic E-state index is 0.208. The normalized spacial score (nSPS) is 9.93. The van der Waals surface area contributed by atoms with E-state index in [1.54, 1.807) is 18.5 Å². The van der Waals surface area contributed by atoms with Crippen LogP contribution in [0.1, 0.15) is 5.56 Å². The summed E-state index contributed by atoms with van der Waals surface area (Å²) in [6, 6.07) is 10.3. The van der Waals surface area contributed by atoms with Crippen LogP contribution >= 0.6 is 0 Å². The lowest BCUT2D eigenvalue weighted by Gasteiger charge is -2.05. The maximum absolute atomic E-state index is 12.9. The topological polar surface area (TPSA) is 24.9 Å². The first-order valence-corrected chi connectivity index (χ1v) is 4.73. The van der Waals surface area contributed by atoms with E-state index in [4.69, 9.17) is 0 Å². The van der Waals surface area contributed by atoms with Gasteiger partial charge in [-0.25, -0.2) is 4.39 Å². The van der Waals surface area contributed by atoms with Gasteiger partial charge >= 0.3 is 0 Å². The molecule has 0 aliphatic heterocycles. The van der Waals surface area contributed by atoms with Gasteiger partial charge in [-0.3, -0.25) is 4.98 Å². The summed E-state index contributed by atoms with van der Waals surface area (Å²) in [6.45, 7) is 0.601. The summed E-state index contributed by atoms with van der Waals surface area (Å²) in [6.07, 6.45) is 3.45. The average molecular weight is 202 g/mol. The first kappa shape index (κ1) is 9.65. The lowest BCUT2D eigenvalue weighted by Crippen LogP contribution is -1.99. The molecule has 0 aliphatic carbocycles. The fourth-order valence-electron chi connectivity index (χ4n) is 1.32. The highest BCUT2D eigenvalue weighted by atomic mass is 19.1. The number of nitrogens with zero attached hydrogens (tertiary/aromatic N) is 1. The Morgan fingerprint density at radius 3 is 2.87 bits per heavy atom. The Kier molecular flexibility index (Phi) is 2.93. The fraction of sp³-hybridized carbons (Fsp3) is 0.0833. The summed E-state index contributed by atoms with van der Waals surface area (Å²) < 4.78 is 12.9. The Bertz CT molecular complexity index is 429. The van der Waals surface area contributed by atoms with E-state index < -0.39 is 0 Å². The van der Waals surface area contributed by atoms with Crippen molar-refractivity contribution in [2.24, 2.45) is 0 Å². The maximum Gasteiger partial charge on any atom is 0.123 e. The number of hydrogen-bond donors (Lipinski definition) is 1. The largest absolute Gasteiger partial charge is 0.380 e. The third kappa shape index (κ3) is 2.77. The van der Waals surface area contributed by atoms with Crippen LogP contribution in [-0.2, 0) is 6.54 Å². The first-order valence-electron chi connectivity index (χ1n) is 4.73. The Morgan fingerprint density at radius 2 is 2.13 bits per heavy atom. The van der Waals surface area contributed by atoms with Crippen LogP contribution in [-0.4, -0.2) is 4.98 Å². The van der Waals surface area contributed by atoms with Crippen LogP contribution < -0.4 is 5.32 Å². The molecule has 1 aromatic heterocycles. The van der Waals surface area contributed by atoms with Gasteiger partial charge in [-0.05, 0) is 29.8 Å². The van der Waals surface area contributed by atoms with Crippen LogP contribution in [0.3, 0.4) is 0 Å². The Balaban J connectivity index is 1.99. The van der Waals surface area contributed by atoms with Crippen LogP contribution in [0.2, 0.25) is 0 Å². The second-order valence-corrected chi connectivity index (χ2v) is 3.23. The van der Waals surface area contributed by atoms with Crippen molar-refractivity contribution in [3.8, 4) is 0 Å². The molecule has 0 saturated carbocycles. The van der Waals surface area contributed by atoms with E-state index in [2.05, 4.69) is 10.3 Å². The summed E-state index contributed by atoms with van der Waals surface area (Å²) in [5.41, 5.74) is 1.85. The zero-order valence-corrected chi connectivity index (χ0v) is 8.15. The van der Waals surface area contributed by atoms with E-state index in [0.29, 0.717) is 6.54 Å². The molecule has 0 aliphatic rings. The van der Waals surface area contributed by atoms with Crippen molar-refractivity contribution in [3.05, 3.63) is 60.2 Å². The maximum atomic E-state index is 12.9. The molecule has 1 heterocycles. The number of hydrogen-bond acceptors (Lipinski definition) is 2. The number of halogens is 1. The minimum Gasteiger partial charge on any atom is -0.380 e. The molecule has 0 saturated heterocycles. The molecule has 0 unspecified atom stereocenters. The van der Waals surface area contributed by atoms with Gasteiger partial charge in [0.2, 0.25) is 0 Å². The average Bonchev–Trinajstić information content (AvgIpc) is 2.28. The van der Waals surface area contributed by atoms with Gasteiger partial charge in [0.05, 0.1) is 5.69 Å². The number of benzene rings is 1. The molecule has 0 amide bonds. The second-order valence-electron chi connectivity index (χ2n) is 3.23. The lowest BCUT2D eigenvalue weighted by molar-refractivity contribution is 0.626. The molecule has 1 N–H and O–H groups in total. The predicted molar refractivity (Wildman–Crippen MR) is 58.0 cm³/mol. The van der Waals surface area contributed by atoms with E-state index in [9.17, 15) is 4.39 Å². The molecule has 0 spiro atoms. The van der Waals surface area contributed by atoms with Crippen LogP contribution in [0, 0.1) is 5.82 Å². The van der Waals surface area contributed by atoms with Crippen molar-refractivity contribution in [3.63, 3.8) is 0 Å². The Hall–Kier alpha value is -1.90. The fourth-order valence-corrected chi connectivity index (χ4v) is 1.32. The van der Waals surface area contributed by atoms with E-state index in [1.165, 1.54) is 12.1 Å². The van der Waals surface area contributed by atoms with Gasteiger partial charge in [-0.1, -0.05) is 12.1 Å². The summed E-state index contributed by atoms with van der Waals surface area (Å²) in [5.74, 6) is -0.208. The van der Waals surface area contributed by atoms with Gasteiger partial charge in [0.1, 0.15) is 5.82 Å². The lowest BCUT2D eigenvalue weighted by atomic mass is 10.2. The minimum atomic E-state index is -0.208. The molecular weight excluding hydrogens is 191 g/mol. The van der Waals surface area contributed by atoms with E-state index in [-0.39, 0.29) is 5.82 Å². The standard InChI is InChI=1S/C12H11FN2/c13-11-4-1-3-10(7-11)8-15-12-5-2-6-14-9-12/h1-7,9,15H,8H2. The van der Waals surface area contributed by atoms with Crippen molar-refractivity contribution in [1.29, 1.82) is 0 Å². The molecule has 2 rings (SSSR count). The molecule has 2 nitrogen and oxygen atoms in total. The highest BCUT2D eigenvalue weighted by molar-refractivity contribution is 5.40. The van der Waals surface area contributed by atoms with Crippen molar-refractivity contribution < 1.29 is 4.39 Å². The molecule has 15 heavy (non-hydrogen) atoms. The highest BCUT2D eigenvalue weighted by Gasteiger charge is 1.95. The molecular formula is C12H11FN2. The number of rotatable bonds is 3. The van der Waals surface area contributed by atoms with Crippen LogP contribution in [0.15, 0.2) is 48.8 Å². The third-order valence-corrected chi connectivity index (χ3v) is 2.05. The molecule has 1 aromatic carbocycles. The van der Waals surface area contributed by atoms with Crippen LogP contribution in [0.4, 0.5) is 10.1 Å². The summed E-state index contributed by atoms with van der Waals surface area (Å²) in [4.78, 5) is 3.98. The van der Waals surface area contributed by atoms with Crippen molar-refractivity contribution in [2.45, 2.75) is 6.54 Å². The van der Waals surface area contributed by atoms with E-state index in [1.807, 2.05) is 18.2 Å². The number of anilines is 1. The van der Waals surface area contributed by atoms with Crippen LogP contribution in [0.5, 0.6) is 0 Å². The SMILES string of the molecule is Fc1cccc(CNc2cccnc2)c1. The van der Waals surface area contributed by atoms with Crippen molar-refractivity contribution in [2.75, 3.05) is 5.32 Å². The third-order valence-electron chi connectivity index (χ3n) is 2.05. The van der Waals surface area contributed by atoms with Crippen molar-refractivity contribution in [1.82, 2.24) is 4.98 Å². The quantitative estimate of drug-likeness (QED) is 0.827. The molecule has 0 radical (unpaired) electrons. The zero-order chi connectivity index (χ0) is 10.5. The van der Waals surface area contributed by atoms with Gasteiger partial charge in [-0.2, -0.15) is 0 Å². The highest BCUT2D eigenvalue weighted by Crippen LogP contribution is 2.08. The second kappa shape index (κ2) is 4.55. The van der Waals surface area contributed by atoms with E-state index >= 15 is 0 Å². The number of pyridine rings is 1. The van der Waals surface area contributed by atoms with Crippen LogP contribution in [0.25, 0.3) is 0 Å². The molecule has 0 atom stereocenters. The smallest absolute Gasteiger partial charge is 0.123 e. The summed E-state index contributed by atoms with van der Waals surface area (Å²) in [7, 11) is 0. The van der Waals surface area contributed by atoms with E-state index in [0.717, 1.165) is 11.3 Å². The Labute approximate surface area is 87.8 Å². The summed E-state index contributed by atoms with van der Waals surface area (Å²) in [5, 5.41) is 3.16.